The number of nitrogens with one attached hydrogen (secondary N) is 1. The van der Waals surface area contributed by atoms with Crippen LogP contribution >= 0.6 is 11.6 Å². The van der Waals surface area contributed by atoms with E-state index in [1.54, 1.807) is 0 Å². The summed E-state index contributed by atoms with van der Waals surface area (Å²) < 4.78 is 10.3. The molecule has 132 valence electrons. The minimum Gasteiger partial charge on any atom is -0.493 e. The van der Waals surface area contributed by atoms with Gasteiger partial charge in [0.2, 0.25) is 0 Å². The second kappa shape index (κ2) is 7.87. The molecule has 0 radical (unpaired) electrons. The van der Waals surface area contributed by atoms with Crippen LogP contribution < -0.4 is 20.5 Å². The highest BCUT2D eigenvalue weighted by atomic mass is 35.5. The van der Waals surface area contributed by atoms with Gasteiger partial charge in [-0.05, 0) is 26.0 Å². The van der Waals surface area contributed by atoms with Gasteiger partial charge in [0.05, 0.1) is 17.5 Å². The predicted molar refractivity (Wildman–Crippen MR) is 86.4 cm³/mol. The Morgan fingerprint density at radius 1 is 1.33 bits per heavy atom. The lowest BCUT2D eigenvalue weighted by atomic mass is 9.94. The minimum absolute atomic E-state index is 0.0539. The number of carbonyl (C=O) groups excluding carboxylic acids is 2. The van der Waals surface area contributed by atoms with Gasteiger partial charge in [-0.1, -0.05) is 11.6 Å². The number of carbonyl (C=O) groups is 3. The fraction of sp³-hybridized carbons (Fsp3) is 0.400. The monoisotopic (exact) mass is 358 g/mol. The zero-order valence-electron chi connectivity index (χ0n) is 13.5. The van der Waals surface area contributed by atoms with Crippen LogP contribution in [0, 0.1) is 5.41 Å². The Bertz CT molecular complexity index is 660. The Kier molecular flexibility index (Phi) is 6.42. The number of nitrogens with two attached hydrogens (primary N) is 1. The molecular weight excluding hydrogens is 340 g/mol. The van der Waals surface area contributed by atoms with Crippen molar-refractivity contribution in [1.29, 1.82) is 0 Å². The highest BCUT2D eigenvalue weighted by molar-refractivity contribution is 6.32. The molecule has 2 amide bonds. The minimum atomic E-state index is -1.12. The van der Waals surface area contributed by atoms with E-state index in [-0.39, 0.29) is 28.6 Å². The summed E-state index contributed by atoms with van der Waals surface area (Å²) in [6.07, 6.45) is 0. The summed E-state index contributed by atoms with van der Waals surface area (Å²) in [4.78, 5) is 34.0. The summed E-state index contributed by atoms with van der Waals surface area (Å²) in [6.45, 7) is 2.52. The molecule has 0 unspecified atom stereocenters. The highest BCUT2D eigenvalue weighted by Gasteiger charge is 2.28. The fourth-order valence-electron chi connectivity index (χ4n) is 1.61. The van der Waals surface area contributed by atoms with Crippen molar-refractivity contribution in [2.75, 3.05) is 20.3 Å². The molecule has 0 bridgehead atoms. The molecule has 0 atom stereocenters. The molecule has 0 heterocycles. The summed E-state index contributed by atoms with van der Waals surface area (Å²) >= 11 is 6.05. The van der Waals surface area contributed by atoms with E-state index in [1.807, 2.05) is 0 Å². The molecule has 0 aromatic heterocycles. The molecule has 1 aromatic carbocycles. The molecule has 0 saturated carbocycles. The topological polar surface area (TPSA) is 128 Å². The third kappa shape index (κ3) is 5.02. The summed E-state index contributed by atoms with van der Waals surface area (Å²) in [6, 6.07) is 2.69. The average molecular weight is 359 g/mol. The first-order chi connectivity index (χ1) is 11.1. The van der Waals surface area contributed by atoms with Crippen LogP contribution in [0.1, 0.15) is 24.2 Å². The number of carboxylic acid groups (broad SMARTS) is 1. The number of hydrogen-bond acceptors (Lipinski definition) is 5. The Morgan fingerprint density at radius 3 is 2.46 bits per heavy atom. The lowest BCUT2D eigenvalue weighted by Crippen LogP contribution is -2.38. The van der Waals surface area contributed by atoms with Crippen molar-refractivity contribution in [2.45, 2.75) is 13.8 Å². The molecule has 4 N–H and O–H groups in total. The lowest BCUT2D eigenvalue weighted by Gasteiger charge is -2.20. The molecule has 0 aliphatic heterocycles. The lowest BCUT2D eigenvalue weighted by molar-refractivity contribution is -0.146. The van der Waals surface area contributed by atoms with Gasteiger partial charge in [0.15, 0.2) is 18.1 Å². The van der Waals surface area contributed by atoms with Crippen LogP contribution in [0.25, 0.3) is 0 Å². The van der Waals surface area contributed by atoms with E-state index < -0.39 is 29.8 Å². The van der Waals surface area contributed by atoms with Gasteiger partial charge in [-0.15, -0.1) is 0 Å². The van der Waals surface area contributed by atoms with Crippen molar-refractivity contribution in [3.63, 3.8) is 0 Å². The molecular formula is C15H19ClN2O6. The van der Waals surface area contributed by atoms with Crippen LogP contribution in [-0.2, 0) is 9.59 Å². The number of halogens is 1. The van der Waals surface area contributed by atoms with Gasteiger partial charge in [0.1, 0.15) is 0 Å². The number of carboxylic acids is 1. The zero-order valence-corrected chi connectivity index (χ0v) is 14.3. The maximum atomic E-state index is 12.2. The largest absolute Gasteiger partial charge is 0.493 e. The van der Waals surface area contributed by atoms with Gasteiger partial charge in [0.25, 0.3) is 11.8 Å². The third-order valence-electron chi connectivity index (χ3n) is 3.12. The molecule has 0 spiro atoms. The number of amides is 2. The molecule has 24 heavy (non-hydrogen) atoms. The average Bonchev–Trinajstić information content (AvgIpc) is 2.50. The Balaban J connectivity index is 2.96. The standard InChI is InChI=1S/C15H19ClN2O6/c1-15(2,14(21)22)7-18-13(20)8-4-9(16)12(10(5-8)23-3)24-6-11(17)19/h4-5H,6-7H2,1-3H3,(H2,17,19)(H,18,20)(H,21,22). The van der Waals surface area contributed by atoms with E-state index in [0.29, 0.717) is 0 Å². The number of hydrogen-bond donors (Lipinski definition) is 3. The molecule has 8 nitrogen and oxygen atoms in total. The number of primary amides is 1. The Morgan fingerprint density at radius 2 is 1.96 bits per heavy atom. The summed E-state index contributed by atoms with van der Waals surface area (Å²) in [7, 11) is 1.35. The second-order valence-electron chi connectivity index (χ2n) is 5.62. The Hall–Kier alpha value is -2.48. The summed E-state index contributed by atoms with van der Waals surface area (Å²) in [5, 5.41) is 11.6. The van der Waals surface area contributed by atoms with Crippen molar-refractivity contribution in [3.05, 3.63) is 22.7 Å². The molecule has 9 heteroatoms. The molecule has 0 saturated heterocycles. The maximum Gasteiger partial charge on any atom is 0.310 e. The van der Waals surface area contributed by atoms with Gasteiger partial charge in [-0.3, -0.25) is 14.4 Å². The fourth-order valence-corrected chi connectivity index (χ4v) is 1.88. The van der Waals surface area contributed by atoms with Crippen molar-refractivity contribution >= 4 is 29.4 Å². The van der Waals surface area contributed by atoms with Crippen LogP contribution in [0.5, 0.6) is 11.5 Å². The SMILES string of the molecule is COc1cc(C(=O)NCC(C)(C)C(=O)O)cc(Cl)c1OCC(N)=O. The van der Waals surface area contributed by atoms with Gasteiger partial charge < -0.3 is 25.6 Å². The first-order valence-electron chi connectivity index (χ1n) is 6.88. The maximum absolute atomic E-state index is 12.2. The molecule has 0 aliphatic rings. The molecule has 1 aromatic rings. The van der Waals surface area contributed by atoms with Crippen molar-refractivity contribution < 1.29 is 29.0 Å². The third-order valence-corrected chi connectivity index (χ3v) is 3.40. The number of rotatable bonds is 8. The number of benzene rings is 1. The first kappa shape index (κ1) is 19.6. The van der Waals surface area contributed by atoms with Crippen LogP contribution in [-0.4, -0.2) is 43.2 Å². The summed E-state index contributed by atoms with van der Waals surface area (Å²) in [5.41, 5.74) is 4.04. The highest BCUT2D eigenvalue weighted by Crippen LogP contribution is 2.36. The number of ether oxygens (including phenoxy) is 2. The van der Waals surface area contributed by atoms with E-state index in [1.165, 1.54) is 33.1 Å². The van der Waals surface area contributed by atoms with Crippen molar-refractivity contribution in [3.8, 4) is 11.5 Å². The molecule has 0 aliphatic carbocycles. The van der Waals surface area contributed by atoms with Crippen LogP contribution in [0.2, 0.25) is 5.02 Å². The van der Waals surface area contributed by atoms with E-state index in [9.17, 15) is 14.4 Å². The smallest absolute Gasteiger partial charge is 0.310 e. The van der Waals surface area contributed by atoms with Crippen LogP contribution in [0.3, 0.4) is 0 Å². The normalized spacial score (nSPS) is 10.8. The number of methoxy groups -OCH3 is 1. The van der Waals surface area contributed by atoms with Crippen molar-refractivity contribution in [1.82, 2.24) is 5.32 Å². The Labute approximate surface area is 143 Å². The van der Waals surface area contributed by atoms with Gasteiger partial charge in [-0.2, -0.15) is 0 Å². The van der Waals surface area contributed by atoms with E-state index in [4.69, 9.17) is 31.9 Å². The zero-order chi connectivity index (χ0) is 18.5. The van der Waals surface area contributed by atoms with E-state index in [2.05, 4.69) is 5.32 Å². The summed E-state index contributed by atoms with van der Waals surface area (Å²) in [5.74, 6) is -2.02. The van der Waals surface area contributed by atoms with Crippen LogP contribution in [0.4, 0.5) is 0 Å². The van der Waals surface area contributed by atoms with Crippen LogP contribution in [0.15, 0.2) is 12.1 Å². The van der Waals surface area contributed by atoms with E-state index in [0.717, 1.165) is 0 Å². The van der Waals surface area contributed by atoms with Gasteiger partial charge >= 0.3 is 5.97 Å². The quantitative estimate of drug-likeness (QED) is 0.637. The first-order valence-corrected chi connectivity index (χ1v) is 7.26. The van der Waals surface area contributed by atoms with Gasteiger partial charge in [-0.25, -0.2) is 0 Å². The number of aliphatic carboxylic acids is 1. The van der Waals surface area contributed by atoms with E-state index >= 15 is 0 Å². The molecule has 1 rings (SSSR count). The van der Waals surface area contributed by atoms with Gasteiger partial charge in [0, 0.05) is 12.1 Å². The second-order valence-corrected chi connectivity index (χ2v) is 6.02. The predicted octanol–water partition coefficient (Wildman–Crippen LogP) is 1.05. The molecule has 0 fully saturated rings. The van der Waals surface area contributed by atoms with Crippen molar-refractivity contribution in [2.24, 2.45) is 11.1 Å².